The molecule has 0 unspecified atom stereocenters. The van der Waals surface area contributed by atoms with Gasteiger partial charge < -0.3 is 10.1 Å². The van der Waals surface area contributed by atoms with E-state index in [9.17, 15) is 4.79 Å². The van der Waals surface area contributed by atoms with Crippen molar-refractivity contribution in [3.05, 3.63) is 45.7 Å². The molecular weight excluding hydrogens is 363 g/mol. The highest BCUT2D eigenvalue weighted by Gasteiger charge is 2.48. The van der Waals surface area contributed by atoms with Crippen molar-refractivity contribution in [1.29, 1.82) is 0 Å². The monoisotopic (exact) mass is 380 g/mol. The van der Waals surface area contributed by atoms with E-state index < -0.39 is 5.54 Å². The van der Waals surface area contributed by atoms with Crippen LogP contribution < -0.4 is 5.32 Å². The molecule has 1 aromatic heterocycles. The Kier molecular flexibility index (Phi) is 4.02. The number of rotatable bonds is 5. The summed E-state index contributed by atoms with van der Waals surface area (Å²) in [6.07, 6.45) is 3.26. The molecule has 1 saturated carbocycles. The summed E-state index contributed by atoms with van der Waals surface area (Å²) in [5, 5.41) is 12.2. The van der Waals surface area contributed by atoms with Gasteiger partial charge in [-0.1, -0.05) is 41.4 Å². The molecule has 6 nitrogen and oxygen atoms in total. The van der Waals surface area contributed by atoms with Crippen LogP contribution >= 0.6 is 23.2 Å². The Morgan fingerprint density at radius 1 is 1.32 bits per heavy atom. The second-order valence-electron chi connectivity index (χ2n) is 7.24. The number of hydrogen-bond donors (Lipinski definition) is 1. The van der Waals surface area contributed by atoms with Crippen molar-refractivity contribution in [2.45, 2.75) is 31.8 Å². The lowest BCUT2D eigenvalue weighted by atomic mass is 9.89. The molecule has 1 aliphatic carbocycles. The molecule has 2 heterocycles. The summed E-state index contributed by atoms with van der Waals surface area (Å²) in [4.78, 5) is 12.6. The Bertz CT molecular complexity index is 808. The molecule has 4 rings (SSSR count). The average molecular weight is 381 g/mol. The average Bonchev–Trinajstić information content (AvgIpc) is 3.13. The van der Waals surface area contributed by atoms with Crippen LogP contribution in [-0.2, 0) is 16.8 Å². The van der Waals surface area contributed by atoms with Crippen LogP contribution in [0.25, 0.3) is 0 Å². The Hall–Kier alpha value is -1.63. The summed E-state index contributed by atoms with van der Waals surface area (Å²) in [5.74, 6) is -0.269. The number of ether oxygens (including phenoxy) is 1. The van der Waals surface area contributed by atoms with E-state index in [1.54, 1.807) is 29.1 Å². The Morgan fingerprint density at radius 3 is 2.56 bits per heavy atom. The normalized spacial score (nSPS) is 20.0. The highest BCUT2D eigenvalue weighted by molar-refractivity contribution is 6.36. The lowest BCUT2D eigenvalue weighted by Gasteiger charge is -2.37. The van der Waals surface area contributed by atoms with E-state index in [1.165, 1.54) is 0 Å². The van der Waals surface area contributed by atoms with Gasteiger partial charge in [-0.25, -0.2) is 0 Å². The Morgan fingerprint density at radius 2 is 2.00 bits per heavy atom. The largest absolute Gasteiger partial charge is 0.380 e. The zero-order chi connectivity index (χ0) is 17.7. The summed E-state index contributed by atoms with van der Waals surface area (Å²) in [6, 6.07) is 5.36. The highest BCUT2D eigenvalue weighted by atomic mass is 35.5. The molecule has 0 spiro atoms. The number of carbonyl (C=O) groups excluding carboxylic acids is 1. The van der Waals surface area contributed by atoms with Crippen molar-refractivity contribution >= 4 is 29.1 Å². The lowest BCUT2D eigenvalue weighted by Crippen LogP contribution is -2.43. The van der Waals surface area contributed by atoms with E-state index in [-0.39, 0.29) is 11.3 Å². The fourth-order valence-electron chi connectivity index (χ4n) is 3.21. The lowest BCUT2D eigenvalue weighted by molar-refractivity contribution is -0.111. The molecule has 1 N–H and O–H groups in total. The third-order valence-electron chi connectivity index (χ3n) is 4.76. The van der Waals surface area contributed by atoms with E-state index in [0.29, 0.717) is 35.5 Å². The summed E-state index contributed by atoms with van der Waals surface area (Å²) in [6.45, 7) is 4.19. The van der Waals surface area contributed by atoms with E-state index in [1.807, 2.05) is 0 Å². The maximum atomic E-state index is 12.6. The van der Waals surface area contributed by atoms with Crippen LogP contribution in [0.5, 0.6) is 0 Å². The molecule has 1 amide bonds. The molecule has 0 bridgehead atoms. The molecule has 0 radical (unpaired) electrons. The minimum Gasteiger partial charge on any atom is -0.380 e. The minimum absolute atomic E-state index is 0.0598. The van der Waals surface area contributed by atoms with E-state index in [4.69, 9.17) is 27.9 Å². The van der Waals surface area contributed by atoms with Crippen molar-refractivity contribution in [3.8, 4) is 0 Å². The molecule has 8 heteroatoms. The van der Waals surface area contributed by atoms with Crippen molar-refractivity contribution in [2.75, 3.05) is 13.2 Å². The standard InChI is InChI=1S/C17H18Cl2N4O2/c1-16(9-25-10-16)8-23-7-13(21-22-23)15(24)20-17(5-6-17)14-11(18)3-2-4-12(14)19/h2-4,7H,5-6,8-10H2,1H3,(H,20,24). The first-order chi connectivity index (χ1) is 11.9. The van der Waals surface area contributed by atoms with Crippen LogP contribution in [0.4, 0.5) is 0 Å². The maximum absolute atomic E-state index is 12.6. The summed E-state index contributed by atoms with van der Waals surface area (Å²) >= 11 is 12.6. The van der Waals surface area contributed by atoms with Crippen LogP contribution in [0.3, 0.4) is 0 Å². The fourth-order valence-corrected chi connectivity index (χ4v) is 3.97. The van der Waals surface area contributed by atoms with Crippen LogP contribution in [0.15, 0.2) is 24.4 Å². The van der Waals surface area contributed by atoms with E-state index in [2.05, 4.69) is 22.6 Å². The molecule has 1 aromatic carbocycles. The second kappa shape index (κ2) is 5.97. The molecule has 132 valence electrons. The summed E-state index contributed by atoms with van der Waals surface area (Å²) in [7, 11) is 0. The molecule has 1 aliphatic heterocycles. The molecular formula is C17H18Cl2N4O2. The predicted molar refractivity (Wildman–Crippen MR) is 93.8 cm³/mol. The van der Waals surface area contributed by atoms with Gasteiger partial charge >= 0.3 is 0 Å². The number of halogens is 2. The van der Waals surface area contributed by atoms with Gasteiger partial charge in [0, 0.05) is 21.0 Å². The number of benzene rings is 1. The van der Waals surface area contributed by atoms with Crippen LogP contribution in [0, 0.1) is 5.41 Å². The topological polar surface area (TPSA) is 69.0 Å². The van der Waals surface area contributed by atoms with Gasteiger partial charge in [0.2, 0.25) is 0 Å². The molecule has 1 saturated heterocycles. The summed E-state index contributed by atoms with van der Waals surface area (Å²) < 4.78 is 6.94. The number of aromatic nitrogens is 3. The van der Waals surface area contributed by atoms with Crippen LogP contribution in [0.1, 0.15) is 35.8 Å². The van der Waals surface area contributed by atoms with Crippen molar-refractivity contribution in [2.24, 2.45) is 5.41 Å². The zero-order valence-corrected chi connectivity index (χ0v) is 15.3. The number of carbonyl (C=O) groups is 1. The Balaban J connectivity index is 1.50. The van der Waals surface area contributed by atoms with E-state index >= 15 is 0 Å². The molecule has 2 aromatic rings. The van der Waals surface area contributed by atoms with Gasteiger partial charge in [0.15, 0.2) is 5.69 Å². The smallest absolute Gasteiger partial charge is 0.274 e. The molecule has 25 heavy (non-hydrogen) atoms. The summed E-state index contributed by atoms with van der Waals surface area (Å²) in [5.41, 5.74) is 0.616. The number of nitrogens with one attached hydrogen (secondary N) is 1. The minimum atomic E-state index is -0.510. The van der Waals surface area contributed by atoms with Gasteiger partial charge in [-0.15, -0.1) is 5.10 Å². The number of hydrogen-bond acceptors (Lipinski definition) is 4. The number of amides is 1. The first kappa shape index (κ1) is 16.8. The third kappa shape index (κ3) is 3.14. The van der Waals surface area contributed by atoms with Crippen molar-refractivity contribution in [3.63, 3.8) is 0 Å². The first-order valence-electron chi connectivity index (χ1n) is 8.16. The predicted octanol–water partition coefficient (Wildman–Crippen LogP) is 3.04. The van der Waals surface area contributed by atoms with Gasteiger partial charge in [0.05, 0.1) is 31.5 Å². The zero-order valence-electron chi connectivity index (χ0n) is 13.8. The van der Waals surface area contributed by atoms with Crippen molar-refractivity contribution in [1.82, 2.24) is 20.3 Å². The maximum Gasteiger partial charge on any atom is 0.274 e. The first-order valence-corrected chi connectivity index (χ1v) is 8.91. The van der Waals surface area contributed by atoms with Crippen LogP contribution in [0.2, 0.25) is 10.0 Å². The van der Waals surface area contributed by atoms with Gasteiger partial charge in [0.1, 0.15) is 0 Å². The molecule has 2 fully saturated rings. The third-order valence-corrected chi connectivity index (χ3v) is 5.39. The molecule has 0 atom stereocenters. The van der Waals surface area contributed by atoms with Crippen molar-refractivity contribution < 1.29 is 9.53 Å². The van der Waals surface area contributed by atoms with E-state index in [0.717, 1.165) is 18.4 Å². The van der Waals surface area contributed by atoms with Gasteiger partial charge in [-0.2, -0.15) is 0 Å². The fraction of sp³-hybridized carbons (Fsp3) is 0.471. The van der Waals surface area contributed by atoms with Crippen LogP contribution in [-0.4, -0.2) is 34.1 Å². The number of nitrogens with zero attached hydrogens (tertiary/aromatic N) is 3. The van der Waals surface area contributed by atoms with Gasteiger partial charge in [-0.05, 0) is 25.0 Å². The Labute approximate surface area is 155 Å². The van der Waals surface area contributed by atoms with Gasteiger partial charge in [0.25, 0.3) is 5.91 Å². The van der Waals surface area contributed by atoms with Gasteiger partial charge in [-0.3, -0.25) is 9.48 Å². The highest BCUT2D eigenvalue weighted by Crippen LogP contribution is 2.50. The SMILES string of the molecule is CC1(Cn2cc(C(=O)NC3(c4c(Cl)cccc4Cl)CC3)nn2)COC1. The molecule has 2 aliphatic rings. The quantitative estimate of drug-likeness (QED) is 0.865. The second-order valence-corrected chi connectivity index (χ2v) is 8.05.